The van der Waals surface area contributed by atoms with Gasteiger partial charge in [-0.3, -0.25) is 28.4 Å². The number of benzene rings is 3. The second-order valence-electron chi connectivity index (χ2n) is 23.4. The molecule has 3 fully saturated rings. The Labute approximate surface area is 598 Å². The number of carbonyl (C=O) groups excluding carboxylic acids is 3. The molecule has 3 saturated heterocycles. The molecule has 528 valence electrons. The standard InChI is InChI=1S/3C21H23ClFN5O3S2/c3*1-4-19-14(12-10-24-27(2)11-12)8-20(32-19)17-9-18(28(3)33(30,31)26-17)21(29)25-13-5-6-16(23)15(22)7-13/h3*5-8,10-11,17-18,26H,4,9H2,1-3H3,(H,25,29)/t2*17-,18+;/m10./s1. The monoisotopic (exact) mass is 1530 g/mol. The van der Waals surface area contributed by atoms with Crippen LogP contribution in [0.3, 0.4) is 0 Å². The highest BCUT2D eigenvalue weighted by Gasteiger charge is 2.44. The lowest BCUT2D eigenvalue weighted by molar-refractivity contribution is -0.120. The molecule has 3 aliphatic rings. The van der Waals surface area contributed by atoms with E-state index in [1.54, 1.807) is 32.6 Å². The summed E-state index contributed by atoms with van der Waals surface area (Å²) in [5.41, 5.74) is 6.74. The van der Waals surface area contributed by atoms with Crippen LogP contribution in [0.15, 0.2) is 110 Å². The Kier molecular flexibility index (Phi) is 23.2. The molecule has 0 saturated carbocycles. The second kappa shape index (κ2) is 30.7. The summed E-state index contributed by atoms with van der Waals surface area (Å²) in [5, 5.41) is 20.2. The van der Waals surface area contributed by atoms with Gasteiger partial charge in [0.2, 0.25) is 17.7 Å². The van der Waals surface area contributed by atoms with Gasteiger partial charge < -0.3 is 16.0 Å². The number of halogens is 6. The van der Waals surface area contributed by atoms with Crippen molar-refractivity contribution in [1.82, 2.24) is 56.4 Å². The summed E-state index contributed by atoms with van der Waals surface area (Å²) in [4.78, 5) is 44.8. The van der Waals surface area contributed by atoms with E-state index in [0.29, 0.717) is 0 Å². The lowest BCUT2D eigenvalue weighted by Crippen LogP contribution is -2.55. The zero-order valence-electron chi connectivity index (χ0n) is 54.5. The van der Waals surface area contributed by atoms with Crippen molar-refractivity contribution in [3.05, 3.63) is 172 Å². The summed E-state index contributed by atoms with van der Waals surface area (Å²) < 4.78 is 133. The van der Waals surface area contributed by atoms with Crippen LogP contribution in [0.1, 0.15) is 87.4 Å². The van der Waals surface area contributed by atoms with Crippen molar-refractivity contribution < 1.29 is 52.8 Å². The smallest absolute Gasteiger partial charge is 0.280 e. The Hall–Kier alpha value is -6.93. The molecule has 3 aromatic carbocycles. The summed E-state index contributed by atoms with van der Waals surface area (Å²) in [5.74, 6) is -3.37. The predicted molar refractivity (Wildman–Crippen MR) is 381 cm³/mol. The van der Waals surface area contributed by atoms with E-state index in [1.165, 1.54) is 91.6 Å². The Balaban J connectivity index is 0.000000161. The Morgan fingerprint density at radius 3 is 0.919 bits per heavy atom. The van der Waals surface area contributed by atoms with E-state index < -0.39 is 102 Å². The molecule has 9 aromatic rings. The van der Waals surface area contributed by atoms with E-state index in [0.717, 1.165) is 113 Å². The first kappa shape index (κ1) is 74.8. The Bertz CT molecular complexity index is 4400. The average Bonchev–Trinajstić information content (AvgIpc) is 1.70. The molecule has 3 aliphatic heterocycles. The lowest BCUT2D eigenvalue weighted by Gasteiger charge is -2.35. The molecule has 6 atom stereocenters. The van der Waals surface area contributed by atoms with E-state index in [4.69, 9.17) is 34.8 Å². The van der Waals surface area contributed by atoms with Crippen molar-refractivity contribution in [2.24, 2.45) is 21.1 Å². The second-order valence-corrected chi connectivity index (χ2v) is 33.4. The van der Waals surface area contributed by atoms with E-state index >= 15 is 0 Å². The van der Waals surface area contributed by atoms with Crippen LogP contribution in [0.2, 0.25) is 15.1 Å². The normalized spacial score (nSPS) is 20.6. The summed E-state index contributed by atoms with van der Waals surface area (Å²) in [7, 11) is -2.13. The number of nitrogens with one attached hydrogen (secondary N) is 6. The minimum Gasteiger partial charge on any atom is -0.325 e. The van der Waals surface area contributed by atoms with Crippen LogP contribution >= 0.6 is 68.8 Å². The zero-order chi connectivity index (χ0) is 71.7. The molecule has 6 aromatic heterocycles. The molecule has 2 unspecified atom stereocenters. The topological polar surface area (TPSA) is 289 Å². The molecular weight excluding hydrogens is 1470 g/mol. The van der Waals surface area contributed by atoms with Crippen molar-refractivity contribution in [2.75, 3.05) is 37.1 Å². The van der Waals surface area contributed by atoms with Crippen molar-refractivity contribution >= 4 is 134 Å². The molecule has 9 heterocycles. The fourth-order valence-electron chi connectivity index (χ4n) is 11.4. The minimum absolute atomic E-state index is 0.134. The molecule has 0 aliphatic carbocycles. The largest absolute Gasteiger partial charge is 0.325 e. The van der Waals surface area contributed by atoms with Crippen LogP contribution in [-0.4, -0.2) is 125 Å². The summed E-state index contributed by atoms with van der Waals surface area (Å²) in [6.45, 7) is 6.12. The Morgan fingerprint density at radius 1 is 0.455 bits per heavy atom. The maximum atomic E-state index is 13.4. The number of aryl methyl sites for hydroxylation is 6. The van der Waals surface area contributed by atoms with Gasteiger partial charge in [-0.25, -0.2) is 13.2 Å². The average molecular weight is 1540 g/mol. The van der Waals surface area contributed by atoms with E-state index in [1.807, 2.05) is 78.7 Å². The Morgan fingerprint density at radius 2 is 0.707 bits per heavy atom. The third kappa shape index (κ3) is 17.0. The van der Waals surface area contributed by atoms with Crippen molar-refractivity contribution in [2.45, 2.75) is 95.5 Å². The van der Waals surface area contributed by atoms with Crippen molar-refractivity contribution in [1.29, 1.82) is 0 Å². The number of likely N-dealkylation sites (N-methyl/N-ethyl adjacent to an activating group) is 3. The number of hydrogen-bond acceptors (Lipinski definition) is 15. The third-order valence-corrected chi connectivity index (χ3v) is 26.5. The van der Waals surface area contributed by atoms with E-state index in [9.17, 15) is 52.8 Å². The number of carbonyl (C=O) groups is 3. The predicted octanol–water partition coefficient (Wildman–Crippen LogP) is 11.2. The van der Waals surface area contributed by atoms with Crippen LogP contribution in [0.25, 0.3) is 33.4 Å². The van der Waals surface area contributed by atoms with E-state index in [-0.39, 0.29) is 51.4 Å². The molecule has 6 N–H and O–H groups in total. The highest BCUT2D eigenvalue weighted by molar-refractivity contribution is 7.87. The van der Waals surface area contributed by atoms with Gasteiger partial charge >= 0.3 is 0 Å². The third-order valence-electron chi connectivity index (χ3n) is 16.7. The molecule has 99 heavy (non-hydrogen) atoms. The van der Waals surface area contributed by atoms with Gasteiger partial charge in [0.1, 0.15) is 35.6 Å². The molecule has 0 bridgehead atoms. The molecule has 3 amide bonds. The van der Waals surface area contributed by atoms with Gasteiger partial charge in [0.25, 0.3) is 30.6 Å². The first-order chi connectivity index (χ1) is 46.8. The SMILES string of the molecule is CCc1sc(C2CC(C(=O)Nc3ccc(F)c(Cl)c3)N(C)S(=O)(=O)N2)cc1-c1cnn(C)c1.CCc1sc([C@@H]2C[C@H](C(=O)Nc3ccc(F)c(Cl)c3)N(C)S(=O)(=O)N2)cc1-c1cnn(C)c1.CCc1sc([C@H]2C[C@@H](C(=O)Nc3ccc(F)c(Cl)c3)N(C)S(=O)(=O)N2)cc1-c1cnn(C)c1. The summed E-state index contributed by atoms with van der Waals surface area (Å²) >= 11 is 21.9. The number of aromatic nitrogens is 6. The van der Waals surface area contributed by atoms with Crippen LogP contribution in [0, 0.1) is 17.5 Å². The van der Waals surface area contributed by atoms with Crippen molar-refractivity contribution in [3.8, 4) is 33.4 Å². The molecule has 36 heteroatoms. The molecule has 0 radical (unpaired) electrons. The number of nitrogens with zero attached hydrogens (tertiary/aromatic N) is 9. The highest BCUT2D eigenvalue weighted by atomic mass is 35.5. The van der Waals surface area contributed by atoms with Gasteiger partial charge in [-0.05, 0) is 128 Å². The van der Waals surface area contributed by atoms with Gasteiger partial charge in [-0.1, -0.05) is 55.6 Å². The summed E-state index contributed by atoms with van der Waals surface area (Å²) in [6.07, 6.45) is 14.1. The van der Waals surface area contributed by atoms with Gasteiger partial charge in [0, 0.05) is 124 Å². The minimum atomic E-state index is -3.90. The highest BCUT2D eigenvalue weighted by Crippen LogP contribution is 2.43. The van der Waals surface area contributed by atoms with E-state index in [2.05, 4.69) is 45.4 Å². The van der Waals surface area contributed by atoms with Gasteiger partial charge in [0.05, 0.1) is 51.8 Å². The molecule has 12 rings (SSSR count). The van der Waals surface area contributed by atoms with Gasteiger partial charge in [0.15, 0.2) is 0 Å². The quantitative estimate of drug-likeness (QED) is 0.0559. The number of anilines is 3. The van der Waals surface area contributed by atoms with Gasteiger partial charge in [-0.15, -0.1) is 34.0 Å². The maximum absolute atomic E-state index is 13.4. The van der Waals surface area contributed by atoms with Gasteiger partial charge in [-0.2, -0.15) is 67.6 Å². The number of thiophene rings is 3. The maximum Gasteiger partial charge on any atom is 0.280 e. The van der Waals surface area contributed by atoms with Crippen molar-refractivity contribution in [3.63, 3.8) is 0 Å². The first-order valence-corrected chi connectivity index (χ1v) is 38.5. The number of rotatable bonds is 15. The fraction of sp³-hybridized carbons (Fsp3) is 0.333. The van der Waals surface area contributed by atoms with Crippen LogP contribution in [-0.2, 0) is 85.4 Å². The zero-order valence-corrected chi connectivity index (χ0v) is 61.7. The fourth-order valence-corrected chi connectivity index (χ4v) is 19.5. The van der Waals surface area contributed by atoms with Crippen LogP contribution in [0.4, 0.5) is 30.2 Å². The number of hydrogen-bond donors (Lipinski definition) is 6. The molecule has 24 nitrogen and oxygen atoms in total. The summed E-state index contributed by atoms with van der Waals surface area (Å²) in [6, 6.07) is 12.7. The molecule has 0 spiro atoms. The lowest BCUT2D eigenvalue weighted by atomic mass is 10.0. The molecular formula is C63H69Cl3F3N15O9S6. The van der Waals surface area contributed by atoms with Crippen LogP contribution < -0.4 is 30.1 Å². The van der Waals surface area contributed by atoms with Crippen LogP contribution in [0.5, 0.6) is 0 Å². The number of amides is 3. The first-order valence-electron chi connectivity index (χ1n) is 30.6.